The summed E-state index contributed by atoms with van der Waals surface area (Å²) in [5.74, 6) is 6.58. The first-order valence-electron chi connectivity index (χ1n) is 16.4. The van der Waals surface area contributed by atoms with E-state index in [0.717, 1.165) is 11.1 Å². The van der Waals surface area contributed by atoms with E-state index in [1.54, 1.807) is 65.8 Å². The van der Waals surface area contributed by atoms with E-state index < -0.39 is 28.5 Å². The molecule has 0 atom stereocenters. The number of benzene rings is 2. The number of hydrazine groups is 1. The second-order valence-corrected chi connectivity index (χ2v) is 13.6. The monoisotopic (exact) mass is 903 g/mol. The summed E-state index contributed by atoms with van der Waals surface area (Å²) in [7, 11) is 0. The number of hydrogen-bond acceptors (Lipinski definition) is 14. The Hall–Kier alpha value is -0.947. The molecule has 0 bridgehead atoms. The molecule has 21 heteroatoms. The molecule has 0 aromatic heterocycles. The number of nitrogens with one attached hydrogen (secondary N) is 2. The van der Waals surface area contributed by atoms with Crippen molar-refractivity contribution in [3.8, 4) is 23.0 Å². The Kier molecular flexibility index (Phi) is 33.8. The van der Waals surface area contributed by atoms with Crippen molar-refractivity contribution in [2.24, 2.45) is 5.84 Å². The summed E-state index contributed by atoms with van der Waals surface area (Å²) in [5.41, 5.74) is 3.41. The van der Waals surface area contributed by atoms with Gasteiger partial charge in [0.05, 0.1) is 5.34 Å². The third kappa shape index (κ3) is 24.2. The van der Waals surface area contributed by atoms with E-state index in [1.807, 2.05) is 19.3 Å². The molecule has 0 radical (unpaired) electrons. The molecule has 0 aliphatic carbocycles. The first kappa shape index (κ1) is 59.4. The zero-order chi connectivity index (χ0) is 41.5. The number of amides is 2. The van der Waals surface area contributed by atoms with Crippen LogP contribution in [0.4, 0.5) is 4.79 Å². The van der Waals surface area contributed by atoms with Crippen molar-refractivity contribution in [3.63, 3.8) is 0 Å². The van der Waals surface area contributed by atoms with Gasteiger partial charge < -0.3 is 45.3 Å². The number of fused-ring (bicyclic) bond motifs is 2. The SMILES string of the molecule is CC(C)(C)OC(=O)NN.CCc1c(C(=O)Cl)ccc2c1OCCO2.CCc1c(C(=O)NCC(=O)OC(C)(C)C)ccc2c1OCCO2.ClCCl.O=CO[O-].[H-].[K+].[K+]. The van der Waals surface area contributed by atoms with Crippen LogP contribution in [0.2, 0.25) is 0 Å². The number of ether oxygens (including phenoxy) is 6. The second-order valence-electron chi connectivity index (χ2n) is 12.4. The normalized spacial score (nSPS) is 11.6. The molecule has 16 nitrogen and oxygen atoms in total. The van der Waals surface area contributed by atoms with Gasteiger partial charge in [-0.1, -0.05) is 13.8 Å². The van der Waals surface area contributed by atoms with Gasteiger partial charge in [0.15, 0.2) is 23.0 Å². The van der Waals surface area contributed by atoms with Crippen molar-refractivity contribution in [1.29, 1.82) is 0 Å². The maximum Gasteiger partial charge on any atom is 1.00 e. The average molecular weight is 905 g/mol. The Balaban J connectivity index is -0.000000357. The van der Waals surface area contributed by atoms with Crippen LogP contribution in [0.3, 0.4) is 0 Å². The fourth-order valence-electron chi connectivity index (χ4n) is 4.38. The summed E-state index contributed by atoms with van der Waals surface area (Å²) < 4.78 is 32.0. The van der Waals surface area contributed by atoms with Gasteiger partial charge in [-0.05, 0) is 90.3 Å². The predicted molar refractivity (Wildman–Crippen MR) is 200 cm³/mol. The van der Waals surface area contributed by atoms with Crippen LogP contribution in [0, 0.1) is 0 Å². The molecular weight excluding hydrogens is 855 g/mol. The molecular formula is C35H50Cl3K2N3O13. The third-order valence-corrected chi connectivity index (χ3v) is 6.36. The molecule has 0 saturated carbocycles. The third-order valence-electron chi connectivity index (χ3n) is 6.16. The molecule has 56 heavy (non-hydrogen) atoms. The number of alkyl halides is 2. The van der Waals surface area contributed by atoms with Gasteiger partial charge in [0.2, 0.25) is 0 Å². The first-order valence-corrected chi connectivity index (χ1v) is 17.9. The maximum absolute atomic E-state index is 12.4. The molecule has 2 aliphatic heterocycles. The number of rotatable bonds is 7. The Bertz CT molecular complexity index is 1530. The molecule has 306 valence electrons. The molecule has 2 aromatic carbocycles. The average Bonchev–Trinajstić information content (AvgIpc) is 3.12. The smallest absolute Gasteiger partial charge is 1.00 e. The van der Waals surface area contributed by atoms with E-state index in [-0.39, 0.29) is 128 Å². The van der Waals surface area contributed by atoms with Crippen LogP contribution in [0.1, 0.15) is 88.7 Å². The molecule has 0 spiro atoms. The standard InChI is InChI=1S/C17H23NO5.C11H11ClO3.C5H12N2O2.CH2Cl2.CH2O3.2K.H/c1-5-11-12(6-7-13-15(11)22-9-8-21-13)16(20)18-10-14(19)23-17(2,3)4;1-2-7-8(11(12)13)3-4-9-10(7)15-6-5-14-9;1-5(2,3)9-4(8)7-6;2-1-3;2-1-4-3;;;/h6-7H,5,8-10H2,1-4H3,(H,18,20);3-4H,2,5-6H2,1H3;6H2,1-3H3,(H,7,8);1H2;1,3H;;;/q;;;;;2*+1;-1/p-1. The summed E-state index contributed by atoms with van der Waals surface area (Å²) in [5, 5.41) is 10.8. The fraction of sp³-hybridized carbons (Fsp3) is 0.514. The van der Waals surface area contributed by atoms with Gasteiger partial charge in [-0.2, -0.15) is 0 Å². The summed E-state index contributed by atoms with van der Waals surface area (Å²) in [4.78, 5) is 56.9. The van der Waals surface area contributed by atoms with Crippen molar-refractivity contribution in [2.75, 3.05) is 38.3 Å². The van der Waals surface area contributed by atoms with Gasteiger partial charge in [-0.3, -0.25) is 24.6 Å². The minimum atomic E-state index is -0.609. The molecule has 2 aliphatic rings. The van der Waals surface area contributed by atoms with Gasteiger partial charge in [0.1, 0.15) is 44.2 Å². The van der Waals surface area contributed by atoms with Crippen molar-refractivity contribution >= 4 is 64.5 Å². The quantitative estimate of drug-likeness (QED) is 0.0344. The minimum Gasteiger partial charge on any atom is -1.00 e. The molecule has 0 unspecified atom stereocenters. The molecule has 4 N–H and O–H groups in total. The van der Waals surface area contributed by atoms with Crippen molar-refractivity contribution < 1.29 is 167 Å². The van der Waals surface area contributed by atoms with E-state index >= 15 is 0 Å². The molecule has 0 saturated heterocycles. The van der Waals surface area contributed by atoms with E-state index in [4.69, 9.17) is 79.1 Å². The predicted octanol–water partition coefficient (Wildman–Crippen LogP) is -1.15. The molecule has 2 amide bonds. The van der Waals surface area contributed by atoms with Crippen LogP contribution in [-0.2, 0) is 36.8 Å². The van der Waals surface area contributed by atoms with Crippen LogP contribution < -0.4 is 144 Å². The minimum absolute atomic E-state index is 0. The van der Waals surface area contributed by atoms with E-state index in [2.05, 4.69) is 10.2 Å². The second kappa shape index (κ2) is 31.9. The number of esters is 1. The van der Waals surface area contributed by atoms with Gasteiger partial charge in [-0.25, -0.2) is 10.6 Å². The van der Waals surface area contributed by atoms with Crippen molar-refractivity contribution in [2.45, 2.75) is 79.4 Å². The largest absolute Gasteiger partial charge is 1.00 e. The summed E-state index contributed by atoms with van der Waals surface area (Å²) in [6.45, 7) is 16.2. The van der Waals surface area contributed by atoms with Gasteiger partial charge in [0.25, 0.3) is 17.6 Å². The van der Waals surface area contributed by atoms with Crippen molar-refractivity contribution in [3.05, 3.63) is 46.5 Å². The number of carbonyl (C=O) groups excluding carboxylic acids is 5. The number of carbonyl (C=O) groups is 5. The number of nitrogens with two attached hydrogens (primary N) is 1. The van der Waals surface area contributed by atoms with E-state index in [0.29, 0.717) is 73.4 Å². The zero-order valence-corrected chi connectivity index (χ0v) is 42.1. The summed E-state index contributed by atoms with van der Waals surface area (Å²) in [6, 6.07) is 6.82. The van der Waals surface area contributed by atoms with Gasteiger partial charge in [0, 0.05) is 22.3 Å². The number of hydrogen-bond donors (Lipinski definition) is 3. The van der Waals surface area contributed by atoms with Crippen LogP contribution in [-0.4, -0.2) is 79.2 Å². The van der Waals surface area contributed by atoms with Gasteiger partial charge in [-0.15, -0.1) is 23.2 Å². The molecule has 2 heterocycles. The van der Waals surface area contributed by atoms with Crippen LogP contribution >= 0.6 is 34.8 Å². The molecule has 0 fully saturated rings. The Morgan fingerprint density at radius 2 is 1.20 bits per heavy atom. The number of halogens is 3. The maximum atomic E-state index is 12.4. The Morgan fingerprint density at radius 1 is 0.804 bits per heavy atom. The topological polar surface area (TPSA) is 223 Å². The van der Waals surface area contributed by atoms with Crippen molar-refractivity contribution in [1.82, 2.24) is 10.7 Å². The van der Waals surface area contributed by atoms with E-state index in [9.17, 15) is 19.2 Å². The van der Waals surface area contributed by atoms with Crippen LogP contribution in [0.15, 0.2) is 24.3 Å². The first-order chi connectivity index (χ1) is 25.3. The summed E-state index contributed by atoms with van der Waals surface area (Å²) >= 11 is 15.0. The van der Waals surface area contributed by atoms with Crippen LogP contribution in [0.25, 0.3) is 0 Å². The summed E-state index contributed by atoms with van der Waals surface area (Å²) in [6.07, 6.45) is 0.713. The Labute approximate surface area is 429 Å². The molecule has 2 aromatic rings. The zero-order valence-electron chi connectivity index (χ0n) is 34.6. The Morgan fingerprint density at radius 3 is 1.54 bits per heavy atom. The fourth-order valence-corrected chi connectivity index (χ4v) is 4.56. The van der Waals surface area contributed by atoms with Gasteiger partial charge >= 0.3 is 115 Å². The molecule has 4 rings (SSSR count). The van der Waals surface area contributed by atoms with E-state index in [1.165, 1.54) is 0 Å². The van der Waals surface area contributed by atoms with Crippen LogP contribution in [0.5, 0.6) is 23.0 Å².